The second-order valence-corrected chi connectivity index (χ2v) is 7.59. The molecule has 0 unspecified atom stereocenters. The predicted octanol–water partition coefficient (Wildman–Crippen LogP) is 5.13. The first-order chi connectivity index (χ1) is 14.2. The third-order valence-corrected chi connectivity index (χ3v) is 5.39. The van der Waals surface area contributed by atoms with E-state index in [1.165, 1.54) is 5.56 Å². The Kier molecular flexibility index (Phi) is 7.68. The van der Waals surface area contributed by atoms with E-state index in [0.29, 0.717) is 23.8 Å². The van der Waals surface area contributed by atoms with E-state index in [1.54, 1.807) is 18.2 Å². The first kappa shape index (κ1) is 20.9. The van der Waals surface area contributed by atoms with Gasteiger partial charge in [0.2, 0.25) is 0 Å². The van der Waals surface area contributed by atoms with Gasteiger partial charge < -0.3 is 15.0 Å². The predicted molar refractivity (Wildman–Crippen MR) is 115 cm³/mol. The summed E-state index contributed by atoms with van der Waals surface area (Å²) in [4.78, 5) is 26.9. The molecule has 0 atom stereocenters. The highest BCUT2D eigenvalue weighted by Gasteiger charge is 2.24. The van der Waals surface area contributed by atoms with Crippen molar-refractivity contribution < 1.29 is 14.3 Å². The topological polar surface area (TPSA) is 58.6 Å². The number of hydrogen-bond acceptors (Lipinski definition) is 3. The van der Waals surface area contributed by atoms with Crippen LogP contribution >= 0.6 is 0 Å². The lowest BCUT2D eigenvalue weighted by Gasteiger charge is -2.32. The van der Waals surface area contributed by atoms with Gasteiger partial charge in [-0.05, 0) is 49.3 Å². The van der Waals surface area contributed by atoms with Crippen LogP contribution in [0.25, 0.3) is 0 Å². The summed E-state index contributed by atoms with van der Waals surface area (Å²) >= 11 is 0. The van der Waals surface area contributed by atoms with Crippen molar-refractivity contribution in [2.24, 2.45) is 5.92 Å². The SMILES string of the molecule is CCCCOC(=O)c1ccccc1NC(=O)N1CCC(Cc2ccccc2)CC1. The number of ether oxygens (including phenoxy) is 1. The fourth-order valence-corrected chi connectivity index (χ4v) is 3.64. The number of urea groups is 1. The number of amides is 2. The van der Waals surface area contributed by atoms with Crippen molar-refractivity contribution in [1.29, 1.82) is 0 Å². The second kappa shape index (κ2) is 10.6. The lowest BCUT2D eigenvalue weighted by molar-refractivity contribution is 0.0501. The molecule has 3 rings (SSSR count). The van der Waals surface area contributed by atoms with Gasteiger partial charge in [0.1, 0.15) is 0 Å². The normalized spacial score (nSPS) is 14.4. The summed E-state index contributed by atoms with van der Waals surface area (Å²) in [5.74, 6) is 0.207. The van der Waals surface area contributed by atoms with Gasteiger partial charge in [-0.25, -0.2) is 9.59 Å². The molecule has 1 saturated heterocycles. The van der Waals surface area contributed by atoms with Crippen LogP contribution in [0.15, 0.2) is 54.6 Å². The van der Waals surface area contributed by atoms with Crippen molar-refractivity contribution in [3.63, 3.8) is 0 Å². The summed E-state index contributed by atoms with van der Waals surface area (Å²) in [5.41, 5.74) is 2.26. The largest absolute Gasteiger partial charge is 0.462 e. The number of unbranched alkanes of at least 4 members (excludes halogenated alkanes) is 1. The van der Waals surface area contributed by atoms with Crippen LogP contribution in [0, 0.1) is 5.92 Å². The number of likely N-dealkylation sites (tertiary alicyclic amines) is 1. The number of carbonyl (C=O) groups excluding carboxylic acids is 2. The number of piperidine rings is 1. The number of rotatable bonds is 7. The van der Waals surface area contributed by atoms with E-state index in [2.05, 4.69) is 29.6 Å². The van der Waals surface area contributed by atoms with Crippen molar-refractivity contribution in [3.05, 3.63) is 65.7 Å². The fraction of sp³-hybridized carbons (Fsp3) is 0.417. The molecule has 0 saturated carbocycles. The smallest absolute Gasteiger partial charge is 0.340 e. The monoisotopic (exact) mass is 394 g/mol. The molecule has 0 spiro atoms. The average molecular weight is 395 g/mol. The van der Waals surface area contributed by atoms with Crippen LogP contribution in [0.2, 0.25) is 0 Å². The van der Waals surface area contributed by atoms with Gasteiger partial charge in [0.15, 0.2) is 0 Å². The average Bonchev–Trinajstić information content (AvgIpc) is 2.75. The Balaban J connectivity index is 1.53. The number of nitrogens with one attached hydrogen (secondary N) is 1. The highest BCUT2D eigenvalue weighted by atomic mass is 16.5. The Morgan fingerprint density at radius 2 is 1.72 bits per heavy atom. The zero-order chi connectivity index (χ0) is 20.5. The third-order valence-electron chi connectivity index (χ3n) is 5.39. The van der Waals surface area contributed by atoms with Crippen LogP contribution in [0.5, 0.6) is 0 Å². The van der Waals surface area contributed by atoms with Crippen molar-refractivity contribution in [2.75, 3.05) is 25.0 Å². The number of para-hydroxylation sites is 1. The molecule has 1 heterocycles. The molecule has 1 aliphatic rings. The number of anilines is 1. The lowest BCUT2D eigenvalue weighted by Crippen LogP contribution is -2.41. The molecule has 5 nitrogen and oxygen atoms in total. The number of esters is 1. The molecule has 1 fully saturated rings. The Hall–Kier alpha value is -2.82. The van der Waals surface area contributed by atoms with E-state index in [-0.39, 0.29) is 6.03 Å². The second-order valence-electron chi connectivity index (χ2n) is 7.59. The van der Waals surface area contributed by atoms with Gasteiger partial charge in [-0.2, -0.15) is 0 Å². The molecule has 0 aromatic heterocycles. The number of benzene rings is 2. The molecule has 2 aromatic carbocycles. The van der Waals surface area contributed by atoms with Crippen molar-refractivity contribution in [3.8, 4) is 0 Å². The minimum atomic E-state index is -0.393. The summed E-state index contributed by atoms with van der Waals surface area (Å²) < 4.78 is 5.30. The molecule has 5 heteroatoms. The Morgan fingerprint density at radius 3 is 2.45 bits per heavy atom. The van der Waals surface area contributed by atoms with Gasteiger partial charge in [-0.3, -0.25) is 0 Å². The van der Waals surface area contributed by atoms with E-state index in [4.69, 9.17) is 4.74 Å². The molecular formula is C24H30N2O3. The van der Waals surface area contributed by atoms with E-state index in [9.17, 15) is 9.59 Å². The summed E-state index contributed by atoms with van der Waals surface area (Å²) in [5, 5.41) is 2.90. The molecule has 1 aliphatic heterocycles. The van der Waals surface area contributed by atoms with E-state index in [0.717, 1.165) is 45.2 Å². The highest BCUT2D eigenvalue weighted by Crippen LogP contribution is 2.23. The summed E-state index contributed by atoms with van der Waals surface area (Å²) in [6.45, 7) is 3.90. The van der Waals surface area contributed by atoms with Crippen molar-refractivity contribution in [2.45, 2.75) is 39.0 Å². The minimum absolute atomic E-state index is 0.156. The maximum atomic E-state index is 12.7. The first-order valence-corrected chi connectivity index (χ1v) is 10.5. The summed E-state index contributed by atoms with van der Waals surface area (Å²) in [6, 6.07) is 17.4. The van der Waals surface area contributed by atoms with Crippen LogP contribution < -0.4 is 5.32 Å². The molecule has 1 N–H and O–H groups in total. The Morgan fingerprint density at radius 1 is 1.03 bits per heavy atom. The van der Waals surface area contributed by atoms with Gasteiger partial charge in [0.05, 0.1) is 17.9 Å². The van der Waals surface area contributed by atoms with E-state index in [1.807, 2.05) is 24.0 Å². The molecule has 29 heavy (non-hydrogen) atoms. The van der Waals surface area contributed by atoms with E-state index >= 15 is 0 Å². The lowest BCUT2D eigenvalue weighted by atomic mass is 9.90. The minimum Gasteiger partial charge on any atom is -0.462 e. The van der Waals surface area contributed by atoms with Gasteiger partial charge in [-0.1, -0.05) is 55.8 Å². The summed E-state index contributed by atoms with van der Waals surface area (Å²) in [7, 11) is 0. The summed E-state index contributed by atoms with van der Waals surface area (Å²) in [6.07, 6.45) is 4.83. The maximum Gasteiger partial charge on any atom is 0.340 e. The first-order valence-electron chi connectivity index (χ1n) is 10.5. The molecule has 2 amide bonds. The van der Waals surface area contributed by atoms with Crippen molar-refractivity contribution in [1.82, 2.24) is 4.90 Å². The zero-order valence-corrected chi connectivity index (χ0v) is 17.1. The Bertz CT molecular complexity index is 799. The van der Waals surface area contributed by atoms with E-state index < -0.39 is 5.97 Å². The van der Waals surface area contributed by atoms with Crippen LogP contribution in [-0.2, 0) is 11.2 Å². The molecule has 0 bridgehead atoms. The molecule has 0 radical (unpaired) electrons. The highest BCUT2D eigenvalue weighted by molar-refractivity contribution is 6.00. The van der Waals surface area contributed by atoms with Crippen LogP contribution in [0.1, 0.15) is 48.5 Å². The molecule has 2 aromatic rings. The fourth-order valence-electron chi connectivity index (χ4n) is 3.64. The molecule has 154 valence electrons. The number of hydrogen-bond donors (Lipinski definition) is 1. The zero-order valence-electron chi connectivity index (χ0n) is 17.1. The third kappa shape index (κ3) is 6.08. The molecule has 0 aliphatic carbocycles. The number of carbonyl (C=O) groups is 2. The quantitative estimate of drug-likeness (QED) is 0.523. The van der Waals surface area contributed by atoms with Crippen LogP contribution in [0.4, 0.5) is 10.5 Å². The Labute approximate surface area is 173 Å². The number of nitrogens with zero attached hydrogens (tertiary/aromatic N) is 1. The molecular weight excluding hydrogens is 364 g/mol. The van der Waals surface area contributed by atoms with Gasteiger partial charge in [-0.15, -0.1) is 0 Å². The van der Waals surface area contributed by atoms with Gasteiger partial charge in [0.25, 0.3) is 0 Å². The maximum absolute atomic E-state index is 12.7. The van der Waals surface area contributed by atoms with Crippen LogP contribution in [-0.4, -0.2) is 36.6 Å². The van der Waals surface area contributed by atoms with Crippen molar-refractivity contribution >= 4 is 17.7 Å². The standard InChI is InChI=1S/C24H30N2O3/c1-2-3-17-29-23(27)21-11-7-8-12-22(21)25-24(28)26-15-13-20(14-16-26)18-19-9-5-4-6-10-19/h4-12,20H,2-3,13-18H2,1H3,(H,25,28). The van der Waals surface area contributed by atoms with Gasteiger partial charge in [0, 0.05) is 13.1 Å². The van der Waals surface area contributed by atoms with Gasteiger partial charge >= 0.3 is 12.0 Å². The van der Waals surface area contributed by atoms with Crippen LogP contribution in [0.3, 0.4) is 0 Å².